The summed E-state index contributed by atoms with van der Waals surface area (Å²) < 4.78 is 10.1. The fourth-order valence-corrected chi connectivity index (χ4v) is 3.57. The van der Waals surface area contributed by atoms with Gasteiger partial charge < -0.3 is 20.1 Å². The van der Waals surface area contributed by atoms with Gasteiger partial charge >= 0.3 is 6.09 Å². The van der Waals surface area contributed by atoms with Crippen LogP contribution in [-0.4, -0.2) is 30.7 Å². The molecule has 2 N–H and O–H groups in total. The first kappa shape index (κ1) is 21.3. The van der Waals surface area contributed by atoms with E-state index in [0.717, 1.165) is 22.6 Å². The van der Waals surface area contributed by atoms with Crippen LogP contribution in [0.4, 0.5) is 9.93 Å². The molecule has 30 heavy (non-hydrogen) atoms. The minimum absolute atomic E-state index is 0.0558. The van der Waals surface area contributed by atoms with E-state index in [2.05, 4.69) is 15.6 Å². The number of ether oxygens (including phenoxy) is 2. The molecule has 0 saturated carbocycles. The Labute approximate surface area is 179 Å². The highest BCUT2D eigenvalue weighted by molar-refractivity contribution is 7.14. The topological polar surface area (TPSA) is 89.5 Å². The standard InChI is InChI=1S/C22H23N3O4S/c1-3-29-22(27)24-18(15-7-5-4-6-8-15)13-20(26)25-21-23-19(14-30-21)16-9-11-17(28-2)12-10-16/h4-12,14,18H,3,13H2,1-2H3,(H,24,27)(H,23,25,26)/t18-/m1/s1. The molecule has 2 amide bonds. The van der Waals surface area contributed by atoms with Crippen LogP contribution in [0.25, 0.3) is 11.3 Å². The molecule has 1 aromatic heterocycles. The molecule has 0 bridgehead atoms. The molecule has 0 unspecified atom stereocenters. The molecule has 0 aliphatic heterocycles. The lowest BCUT2D eigenvalue weighted by Gasteiger charge is -2.18. The highest BCUT2D eigenvalue weighted by Crippen LogP contribution is 2.27. The number of aromatic nitrogens is 1. The van der Waals surface area contributed by atoms with E-state index >= 15 is 0 Å². The number of carbonyl (C=O) groups excluding carboxylic acids is 2. The van der Waals surface area contributed by atoms with E-state index in [1.54, 1.807) is 14.0 Å². The molecule has 3 aromatic rings. The van der Waals surface area contributed by atoms with Crippen molar-refractivity contribution in [2.75, 3.05) is 19.0 Å². The van der Waals surface area contributed by atoms with E-state index in [9.17, 15) is 9.59 Å². The summed E-state index contributed by atoms with van der Waals surface area (Å²) >= 11 is 1.34. The lowest BCUT2D eigenvalue weighted by atomic mass is 10.0. The van der Waals surface area contributed by atoms with E-state index in [4.69, 9.17) is 9.47 Å². The number of alkyl carbamates (subject to hydrolysis) is 1. The van der Waals surface area contributed by atoms with Crippen LogP contribution in [0.1, 0.15) is 24.9 Å². The van der Waals surface area contributed by atoms with Crippen LogP contribution in [0.15, 0.2) is 60.0 Å². The fraction of sp³-hybridized carbons (Fsp3) is 0.227. The summed E-state index contributed by atoms with van der Waals surface area (Å²) in [6.07, 6.45) is -0.504. The van der Waals surface area contributed by atoms with Gasteiger partial charge in [-0.3, -0.25) is 4.79 Å². The van der Waals surface area contributed by atoms with E-state index < -0.39 is 12.1 Å². The second kappa shape index (κ2) is 10.4. The van der Waals surface area contributed by atoms with Crippen molar-refractivity contribution in [3.63, 3.8) is 0 Å². The van der Waals surface area contributed by atoms with Crippen molar-refractivity contribution in [3.8, 4) is 17.0 Å². The average Bonchev–Trinajstić information content (AvgIpc) is 3.22. The molecule has 8 heteroatoms. The number of hydrogen-bond acceptors (Lipinski definition) is 6. The summed E-state index contributed by atoms with van der Waals surface area (Å²) in [5.74, 6) is 0.514. The zero-order chi connectivity index (χ0) is 21.3. The molecule has 156 valence electrons. The normalized spacial score (nSPS) is 11.4. The van der Waals surface area contributed by atoms with Gasteiger partial charge in [-0.05, 0) is 36.8 Å². The van der Waals surface area contributed by atoms with Crippen LogP contribution < -0.4 is 15.4 Å². The number of nitrogens with one attached hydrogen (secondary N) is 2. The molecule has 0 fully saturated rings. The molecule has 1 atom stereocenters. The van der Waals surface area contributed by atoms with Crippen molar-refractivity contribution >= 4 is 28.5 Å². The van der Waals surface area contributed by atoms with E-state index in [0.29, 0.717) is 5.13 Å². The van der Waals surface area contributed by atoms with Crippen molar-refractivity contribution in [3.05, 3.63) is 65.5 Å². The van der Waals surface area contributed by atoms with Gasteiger partial charge in [-0.25, -0.2) is 9.78 Å². The zero-order valence-corrected chi connectivity index (χ0v) is 17.6. The first-order chi connectivity index (χ1) is 14.6. The van der Waals surface area contributed by atoms with Crippen molar-refractivity contribution in [1.82, 2.24) is 10.3 Å². The number of thiazole rings is 1. The maximum Gasteiger partial charge on any atom is 0.407 e. The molecule has 7 nitrogen and oxygen atoms in total. The van der Waals surface area contributed by atoms with Crippen LogP contribution in [0, 0.1) is 0 Å². The minimum Gasteiger partial charge on any atom is -0.497 e. The molecule has 0 saturated heterocycles. The number of carbonyl (C=O) groups is 2. The average molecular weight is 426 g/mol. The van der Waals surface area contributed by atoms with E-state index in [1.807, 2.05) is 60.0 Å². The molecule has 2 aromatic carbocycles. The maximum atomic E-state index is 12.6. The Balaban J connectivity index is 1.66. The predicted molar refractivity (Wildman–Crippen MR) is 117 cm³/mol. The lowest BCUT2D eigenvalue weighted by Crippen LogP contribution is -2.32. The summed E-state index contributed by atoms with van der Waals surface area (Å²) in [5.41, 5.74) is 2.51. The van der Waals surface area contributed by atoms with Gasteiger partial charge in [0.15, 0.2) is 5.13 Å². The Hall–Kier alpha value is -3.39. The first-order valence-electron chi connectivity index (χ1n) is 9.47. The molecule has 0 spiro atoms. The number of benzene rings is 2. The number of amides is 2. The summed E-state index contributed by atoms with van der Waals surface area (Å²) in [6.45, 7) is 1.99. The smallest absolute Gasteiger partial charge is 0.407 e. The van der Waals surface area contributed by atoms with Gasteiger partial charge in [0.05, 0.1) is 31.9 Å². The van der Waals surface area contributed by atoms with Crippen LogP contribution >= 0.6 is 11.3 Å². The lowest BCUT2D eigenvalue weighted by molar-refractivity contribution is -0.116. The highest BCUT2D eigenvalue weighted by atomic mass is 32.1. The SMILES string of the molecule is CCOC(=O)N[C@H](CC(=O)Nc1nc(-c2ccc(OC)cc2)cs1)c1ccccc1. The van der Waals surface area contributed by atoms with Crippen LogP contribution in [-0.2, 0) is 9.53 Å². The largest absolute Gasteiger partial charge is 0.497 e. The fourth-order valence-electron chi connectivity index (χ4n) is 2.83. The minimum atomic E-state index is -0.560. The van der Waals surface area contributed by atoms with Gasteiger partial charge in [-0.15, -0.1) is 11.3 Å². The van der Waals surface area contributed by atoms with Crippen LogP contribution in [0.3, 0.4) is 0 Å². The quantitative estimate of drug-likeness (QED) is 0.549. The van der Waals surface area contributed by atoms with Gasteiger partial charge in [0, 0.05) is 10.9 Å². The van der Waals surface area contributed by atoms with Gasteiger partial charge in [0.2, 0.25) is 5.91 Å². The third-order valence-corrected chi connectivity index (χ3v) is 5.05. The Bertz CT molecular complexity index is 974. The second-order valence-corrected chi connectivity index (χ2v) is 7.20. The van der Waals surface area contributed by atoms with E-state index in [-0.39, 0.29) is 18.9 Å². The van der Waals surface area contributed by atoms with Crippen molar-refractivity contribution in [2.24, 2.45) is 0 Å². The molecule has 0 aliphatic carbocycles. The Kier molecular flexibility index (Phi) is 7.40. The van der Waals surface area contributed by atoms with E-state index in [1.165, 1.54) is 11.3 Å². The highest BCUT2D eigenvalue weighted by Gasteiger charge is 2.20. The predicted octanol–water partition coefficient (Wildman–Crippen LogP) is 4.63. The molecule has 0 radical (unpaired) electrons. The number of methoxy groups -OCH3 is 1. The van der Waals surface area contributed by atoms with Gasteiger partial charge in [-0.1, -0.05) is 30.3 Å². The number of nitrogens with zero attached hydrogens (tertiary/aromatic N) is 1. The van der Waals surface area contributed by atoms with Crippen molar-refractivity contribution in [2.45, 2.75) is 19.4 Å². The Morgan fingerprint density at radius 2 is 1.83 bits per heavy atom. The number of rotatable bonds is 8. The summed E-state index contributed by atoms with van der Waals surface area (Å²) in [4.78, 5) is 29.0. The molecule has 1 heterocycles. The monoisotopic (exact) mass is 425 g/mol. The third kappa shape index (κ3) is 5.81. The second-order valence-electron chi connectivity index (χ2n) is 6.35. The number of hydrogen-bond donors (Lipinski definition) is 2. The van der Waals surface area contributed by atoms with Gasteiger partial charge in [0.1, 0.15) is 5.75 Å². The van der Waals surface area contributed by atoms with Gasteiger partial charge in [0.25, 0.3) is 0 Å². The van der Waals surface area contributed by atoms with Gasteiger partial charge in [-0.2, -0.15) is 0 Å². The molecule has 3 rings (SSSR count). The molecular weight excluding hydrogens is 402 g/mol. The van der Waals surface area contributed by atoms with Crippen LogP contribution in [0.2, 0.25) is 0 Å². The Morgan fingerprint density at radius 1 is 1.10 bits per heavy atom. The summed E-state index contributed by atoms with van der Waals surface area (Å²) in [7, 11) is 1.62. The number of anilines is 1. The van der Waals surface area contributed by atoms with Crippen LogP contribution in [0.5, 0.6) is 5.75 Å². The molecule has 0 aliphatic rings. The Morgan fingerprint density at radius 3 is 2.50 bits per heavy atom. The summed E-state index contributed by atoms with van der Waals surface area (Å²) in [5, 5.41) is 7.93. The van der Waals surface area contributed by atoms with Crippen molar-refractivity contribution in [1.29, 1.82) is 0 Å². The third-order valence-electron chi connectivity index (χ3n) is 4.30. The maximum absolute atomic E-state index is 12.6. The van der Waals surface area contributed by atoms with Crippen molar-refractivity contribution < 1.29 is 19.1 Å². The molecular formula is C22H23N3O4S. The first-order valence-corrected chi connectivity index (χ1v) is 10.3. The summed E-state index contributed by atoms with van der Waals surface area (Å²) in [6, 6.07) is 16.3. The zero-order valence-electron chi connectivity index (χ0n) is 16.8.